The minimum absolute atomic E-state index is 0.0282. The number of amides is 2. The van der Waals surface area contributed by atoms with Crippen molar-refractivity contribution in [1.82, 2.24) is 4.90 Å². The molecule has 1 N–H and O–H groups in total. The molecular weight excluding hydrogens is 416 g/mol. The van der Waals surface area contributed by atoms with Crippen LogP contribution in [-0.4, -0.2) is 23.3 Å². The minimum Gasteiger partial charge on any atom is -0.329 e. The van der Waals surface area contributed by atoms with Crippen LogP contribution in [0.3, 0.4) is 0 Å². The van der Waals surface area contributed by atoms with Crippen molar-refractivity contribution in [3.05, 3.63) is 87.1 Å². The largest absolute Gasteiger partial charge is 0.329 e. The maximum atomic E-state index is 13.6. The first-order valence-electron chi connectivity index (χ1n) is 9.96. The second-order valence-electron chi connectivity index (χ2n) is 7.85. The van der Waals surface area contributed by atoms with Crippen LogP contribution in [0.2, 0.25) is 5.02 Å². The first kappa shape index (κ1) is 20.6. The van der Waals surface area contributed by atoms with Crippen LogP contribution < -0.4 is 5.32 Å². The molecule has 0 saturated heterocycles. The molecule has 2 heterocycles. The van der Waals surface area contributed by atoms with Crippen LogP contribution in [-0.2, 0) is 4.79 Å². The number of hydrogen-bond acceptors (Lipinski definition) is 3. The zero-order valence-electron chi connectivity index (χ0n) is 16.8. The van der Waals surface area contributed by atoms with E-state index in [0.29, 0.717) is 22.8 Å². The van der Waals surface area contributed by atoms with Gasteiger partial charge in [-0.15, -0.1) is 11.3 Å². The Kier molecular flexibility index (Phi) is 5.93. The van der Waals surface area contributed by atoms with Crippen molar-refractivity contribution < 1.29 is 9.59 Å². The van der Waals surface area contributed by atoms with E-state index in [0.717, 1.165) is 10.4 Å². The molecule has 3 aromatic rings. The number of carbonyl (C=O) groups is 2. The topological polar surface area (TPSA) is 49.4 Å². The molecule has 1 aliphatic rings. The lowest BCUT2D eigenvalue weighted by Crippen LogP contribution is -2.47. The molecule has 0 bridgehead atoms. The van der Waals surface area contributed by atoms with Gasteiger partial charge in [0.25, 0.3) is 5.91 Å². The Hall–Kier alpha value is -2.63. The van der Waals surface area contributed by atoms with Gasteiger partial charge >= 0.3 is 0 Å². The molecule has 2 atom stereocenters. The van der Waals surface area contributed by atoms with Gasteiger partial charge in [0, 0.05) is 17.0 Å². The lowest BCUT2D eigenvalue weighted by Gasteiger charge is -2.42. The van der Waals surface area contributed by atoms with Gasteiger partial charge in [-0.1, -0.05) is 61.8 Å². The van der Waals surface area contributed by atoms with Crippen LogP contribution in [0.1, 0.15) is 46.6 Å². The van der Waals surface area contributed by atoms with E-state index in [9.17, 15) is 9.59 Å². The summed E-state index contributed by atoms with van der Waals surface area (Å²) in [6, 6.07) is 18.2. The van der Waals surface area contributed by atoms with Crippen molar-refractivity contribution in [3.8, 4) is 0 Å². The highest BCUT2D eigenvalue weighted by Gasteiger charge is 2.44. The van der Waals surface area contributed by atoms with E-state index >= 15 is 0 Å². The van der Waals surface area contributed by atoms with Gasteiger partial charge in [-0.2, -0.15) is 0 Å². The Morgan fingerprint density at radius 1 is 1.10 bits per heavy atom. The molecular formula is C24H23ClN2O2S. The lowest BCUT2D eigenvalue weighted by atomic mass is 9.81. The summed E-state index contributed by atoms with van der Waals surface area (Å²) in [6.07, 6.45) is 0. The van der Waals surface area contributed by atoms with Gasteiger partial charge in [0.15, 0.2) is 0 Å². The fourth-order valence-electron chi connectivity index (χ4n) is 4.02. The Bertz CT molecular complexity index is 1060. The molecule has 0 radical (unpaired) electrons. The van der Waals surface area contributed by atoms with Crippen molar-refractivity contribution in [2.45, 2.75) is 25.8 Å². The summed E-state index contributed by atoms with van der Waals surface area (Å²) in [7, 11) is 0. The summed E-state index contributed by atoms with van der Waals surface area (Å²) in [4.78, 5) is 29.9. The van der Waals surface area contributed by atoms with Crippen molar-refractivity contribution >= 4 is 40.4 Å². The van der Waals surface area contributed by atoms with Crippen LogP contribution in [0.25, 0.3) is 0 Å². The number of anilines is 1. The number of thiophene rings is 1. The molecule has 0 saturated carbocycles. The first-order valence-corrected chi connectivity index (χ1v) is 11.2. The highest BCUT2D eigenvalue weighted by molar-refractivity contribution is 7.10. The third kappa shape index (κ3) is 3.87. The predicted octanol–water partition coefficient (Wildman–Crippen LogP) is 5.98. The molecule has 1 aliphatic heterocycles. The van der Waals surface area contributed by atoms with E-state index in [1.807, 2.05) is 58.8 Å². The van der Waals surface area contributed by atoms with E-state index in [1.54, 1.807) is 23.5 Å². The maximum Gasteiger partial charge on any atom is 0.254 e. The summed E-state index contributed by atoms with van der Waals surface area (Å²) in [5, 5.41) is 5.46. The SMILES string of the molecule is CC(C)CN1C(=O)c2ccccc2[C@H](C(=O)Nc2ccccc2Cl)[C@H]1c1cccs1. The number of nitrogens with zero attached hydrogens (tertiary/aromatic N) is 1. The fraction of sp³-hybridized carbons (Fsp3) is 0.250. The first-order chi connectivity index (χ1) is 14.5. The van der Waals surface area contributed by atoms with Crippen LogP contribution >= 0.6 is 22.9 Å². The van der Waals surface area contributed by atoms with Crippen LogP contribution in [0.4, 0.5) is 5.69 Å². The third-order valence-corrected chi connectivity index (χ3v) is 6.52. The molecule has 0 spiro atoms. The smallest absolute Gasteiger partial charge is 0.254 e. The molecule has 6 heteroatoms. The summed E-state index contributed by atoms with van der Waals surface area (Å²) in [6.45, 7) is 4.74. The third-order valence-electron chi connectivity index (χ3n) is 5.25. The summed E-state index contributed by atoms with van der Waals surface area (Å²) in [5.41, 5.74) is 1.91. The van der Waals surface area contributed by atoms with E-state index in [1.165, 1.54) is 0 Å². The minimum atomic E-state index is -0.535. The summed E-state index contributed by atoms with van der Waals surface area (Å²) in [5.74, 6) is -0.462. The Morgan fingerprint density at radius 2 is 1.83 bits per heavy atom. The lowest BCUT2D eigenvalue weighted by molar-refractivity contribution is -0.119. The van der Waals surface area contributed by atoms with E-state index in [-0.39, 0.29) is 23.8 Å². The summed E-state index contributed by atoms with van der Waals surface area (Å²) >= 11 is 7.85. The molecule has 0 aliphatic carbocycles. The van der Waals surface area contributed by atoms with Crippen molar-refractivity contribution in [3.63, 3.8) is 0 Å². The van der Waals surface area contributed by atoms with E-state index < -0.39 is 5.92 Å². The van der Waals surface area contributed by atoms with E-state index in [4.69, 9.17) is 11.6 Å². The second-order valence-corrected chi connectivity index (χ2v) is 9.23. The van der Waals surface area contributed by atoms with Crippen LogP contribution in [0, 0.1) is 5.92 Å². The van der Waals surface area contributed by atoms with Gasteiger partial charge in [-0.3, -0.25) is 9.59 Å². The highest BCUT2D eigenvalue weighted by Crippen LogP contribution is 2.45. The standard InChI is InChI=1S/C24H23ClN2O2S/c1-15(2)14-27-22(20-12-7-13-30-20)21(16-8-3-4-9-17(16)24(27)29)23(28)26-19-11-6-5-10-18(19)25/h3-13,15,21-22H,14H2,1-2H3,(H,26,28)/t21-,22+/m0/s1. The Morgan fingerprint density at radius 3 is 2.53 bits per heavy atom. The van der Waals surface area contributed by atoms with Crippen molar-refractivity contribution in [2.75, 3.05) is 11.9 Å². The van der Waals surface area contributed by atoms with Gasteiger partial charge in [-0.05, 0) is 41.1 Å². The van der Waals surface area contributed by atoms with Gasteiger partial charge in [0.05, 0.1) is 22.7 Å². The molecule has 2 aromatic carbocycles. The highest BCUT2D eigenvalue weighted by atomic mass is 35.5. The molecule has 0 fully saturated rings. The summed E-state index contributed by atoms with van der Waals surface area (Å²) < 4.78 is 0. The molecule has 1 aromatic heterocycles. The van der Waals surface area contributed by atoms with Crippen molar-refractivity contribution in [1.29, 1.82) is 0 Å². The number of para-hydroxylation sites is 1. The van der Waals surface area contributed by atoms with Gasteiger partial charge in [-0.25, -0.2) is 0 Å². The normalized spacial score (nSPS) is 18.4. The van der Waals surface area contributed by atoms with Crippen LogP contribution in [0.15, 0.2) is 66.0 Å². The van der Waals surface area contributed by atoms with Gasteiger partial charge in [0.2, 0.25) is 5.91 Å². The molecule has 2 amide bonds. The monoisotopic (exact) mass is 438 g/mol. The molecule has 4 nitrogen and oxygen atoms in total. The second kappa shape index (κ2) is 8.62. The number of hydrogen-bond donors (Lipinski definition) is 1. The number of rotatable bonds is 5. The maximum absolute atomic E-state index is 13.6. The Labute approximate surface area is 185 Å². The number of carbonyl (C=O) groups excluding carboxylic acids is 2. The number of benzene rings is 2. The van der Waals surface area contributed by atoms with E-state index in [2.05, 4.69) is 19.2 Å². The molecule has 4 rings (SSSR count). The number of fused-ring (bicyclic) bond motifs is 1. The Balaban J connectivity index is 1.83. The zero-order chi connectivity index (χ0) is 21.3. The van der Waals surface area contributed by atoms with Crippen molar-refractivity contribution in [2.24, 2.45) is 5.92 Å². The number of nitrogens with one attached hydrogen (secondary N) is 1. The van der Waals surface area contributed by atoms with Gasteiger partial charge in [0.1, 0.15) is 0 Å². The molecule has 30 heavy (non-hydrogen) atoms. The average Bonchev–Trinajstić information content (AvgIpc) is 3.25. The molecule has 154 valence electrons. The quantitative estimate of drug-likeness (QED) is 0.532. The fourth-order valence-corrected chi connectivity index (χ4v) is 5.08. The zero-order valence-corrected chi connectivity index (χ0v) is 18.4. The number of halogens is 1. The van der Waals surface area contributed by atoms with Gasteiger partial charge < -0.3 is 10.2 Å². The predicted molar refractivity (Wildman–Crippen MR) is 122 cm³/mol. The van der Waals surface area contributed by atoms with Crippen LogP contribution in [0.5, 0.6) is 0 Å². The molecule has 0 unspecified atom stereocenters. The average molecular weight is 439 g/mol.